The molecule has 1 atom stereocenters. The van der Waals surface area contributed by atoms with E-state index in [9.17, 15) is 4.79 Å². The molecule has 1 unspecified atom stereocenters. The summed E-state index contributed by atoms with van der Waals surface area (Å²) in [7, 11) is 0. The highest BCUT2D eigenvalue weighted by atomic mass is 16.5. The van der Waals surface area contributed by atoms with E-state index in [2.05, 4.69) is 0 Å². The van der Waals surface area contributed by atoms with Gasteiger partial charge in [0.1, 0.15) is 0 Å². The molecule has 0 aliphatic heterocycles. The minimum Gasteiger partial charge on any atom is -0.330 e. The second kappa shape index (κ2) is 5.20. The molecule has 0 radical (unpaired) electrons. The largest absolute Gasteiger partial charge is 0.330 e. The van der Waals surface area contributed by atoms with Crippen LogP contribution in [0.2, 0.25) is 0 Å². The molecule has 0 fully saturated rings. The number of nitrogens with two attached hydrogens (primary N) is 1. The van der Waals surface area contributed by atoms with Crippen LogP contribution in [0.3, 0.4) is 0 Å². The van der Waals surface area contributed by atoms with Gasteiger partial charge in [0.05, 0.1) is 0 Å². The van der Waals surface area contributed by atoms with Gasteiger partial charge >= 0.3 is 0 Å². The third-order valence-corrected chi connectivity index (χ3v) is 1.40. The number of hydrogen-bond acceptors (Lipinski definition) is 3. The summed E-state index contributed by atoms with van der Waals surface area (Å²) in [5.41, 5.74) is 6.82. The average molecular weight is 146 g/mol. The molecule has 0 aliphatic carbocycles. The molecule has 0 aromatic rings. The van der Waals surface area contributed by atoms with Crippen molar-refractivity contribution < 1.29 is 10.0 Å². The zero-order valence-electron chi connectivity index (χ0n) is 6.13. The van der Waals surface area contributed by atoms with Crippen molar-refractivity contribution in [2.45, 2.75) is 19.8 Å². The summed E-state index contributed by atoms with van der Waals surface area (Å²) < 4.78 is 0. The molecule has 0 heterocycles. The first kappa shape index (κ1) is 9.39. The maximum atomic E-state index is 10.6. The number of hydrogen-bond donors (Lipinski definition) is 3. The summed E-state index contributed by atoms with van der Waals surface area (Å²) in [6.45, 7) is 2.34. The van der Waals surface area contributed by atoms with Crippen LogP contribution in [-0.2, 0) is 4.79 Å². The molecule has 4 N–H and O–H groups in total. The van der Waals surface area contributed by atoms with Gasteiger partial charge < -0.3 is 5.73 Å². The lowest BCUT2D eigenvalue weighted by molar-refractivity contribution is -0.133. The van der Waals surface area contributed by atoms with Crippen LogP contribution in [0.25, 0.3) is 0 Å². The number of hydroxylamine groups is 1. The van der Waals surface area contributed by atoms with Gasteiger partial charge in [0.25, 0.3) is 0 Å². The Bertz CT molecular complexity index is 106. The lowest BCUT2D eigenvalue weighted by atomic mass is 10.1. The quantitative estimate of drug-likeness (QED) is 0.382. The van der Waals surface area contributed by atoms with Crippen molar-refractivity contribution in [2.24, 2.45) is 11.7 Å². The van der Waals surface area contributed by atoms with Gasteiger partial charge in [-0.1, -0.05) is 6.92 Å². The molecular formula is C6H14N2O2. The van der Waals surface area contributed by atoms with E-state index in [-0.39, 0.29) is 11.8 Å². The first-order valence-electron chi connectivity index (χ1n) is 3.36. The lowest BCUT2D eigenvalue weighted by Crippen LogP contribution is -2.26. The summed E-state index contributed by atoms with van der Waals surface area (Å²) in [4.78, 5) is 10.6. The Kier molecular flexibility index (Phi) is 4.88. The summed E-state index contributed by atoms with van der Waals surface area (Å²) in [5, 5.41) is 8.17. The predicted molar refractivity (Wildman–Crippen MR) is 37.4 cm³/mol. The number of amides is 1. The van der Waals surface area contributed by atoms with Crippen molar-refractivity contribution >= 4 is 5.91 Å². The van der Waals surface area contributed by atoms with Crippen molar-refractivity contribution in [3.63, 3.8) is 0 Å². The van der Waals surface area contributed by atoms with Gasteiger partial charge in [0, 0.05) is 5.92 Å². The topological polar surface area (TPSA) is 75.4 Å². The van der Waals surface area contributed by atoms with Gasteiger partial charge in [0.2, 0.25) is 5.91 Å². The number of carbonyl (C=O) groups is 1. The molecule has 0 saturated heterocycles. The maximum absolute atomic E-state index is 10.6. The molecule has 0 saturated carbocycles. The molecule has 0 bridgehead atoms. The summed E-state index contributed by atoms with van der Waals surface area (Å²) in [6.07, 6.45) is 1.54. The van der Waals surface area contributed by atoms with Crippen LogP contribution in [0, 0.1) is 5.92 Å². The summed E-state index contributed by atoms with van der Waals surface area (Å²) in [5.74, 6) is -0.484. The molecule has 0 aliphatic rings. The molecular weight excluding hydrogens is 132 g/mol. The van der Waals surface area contributed by atoms with Gasteiger partial charge in [-0.05, 0) is 19.4 Å². The van der Waals surface area contributed by atoms with Gasteiger partial charge in [-0.15, -0.1) is 0 Å². The van der Waals surface area contributed by atoms with E-state index >= 15 is 0 Å². The molecule has 1 amide bonds. The van der Waals surface area contributed by atoms with Crippen molar-refractivity contribution in [1.29, 1.82) is 0 Å². The average Bonchev–Trinajstić information content (AvgIpc) is 1.98. The van der Waals surface area contributed by atoms with E-state index < -0.39 is 0 Å². The van der Waals surface area contributed by atoms with E-state index in [4.69, 9.17) is 10.9 Å². The van der Waals surface area contributed by atoms with Crippen LogP contribution in [0.4, 0.5) is 0 Å². The maximum Gasteiger partial charge on any atom is 0.246 e. The second-order valence-electron chi connectivity index (χ2n) is 2.31. The molecule has 60 valence electrons. The number of rotatable bonds is 4. The summed E-state index contributed by atoms with van der Waals surface area (Å²) >= 11 is 0. The first-order valence-corrected chi connectivity index (χ1v) is 3.36. The van der Waals surface area contributed by atoms with Gasteiger partial charge in [-0.2, -0.15) is 0 Å². The predicted octanol–water partition coefficient (Wildman–Crippen LogP) is -0.133. The number of carbonyl (C=O) groups excluding carboxylic acids is 1. The minimum absolute atomic E-state index is 0.145. The highest BCUT2D eigenvalue weighted by molar-refractivity contribution is 5.76. The minimum atomic E-state index is -0.339. The molecule has 0 spiro atoms. The highest BCUT2D eigenvalue weighted by Crippen LogP contribution is 2.03. The van der Waals surface area contributed by atoms with Gasteiger partial charge in [-0.3, -0.25) is 10.0 Å². The Labute approximate surface area is 60.4 Å². The van der Waals surface area contributed by atoms with E-state index in [0.29, 0.717) is 6.54 Å². The van der Waals surface area contributed by atoms with Gasteiger partial charge in [0.15, 0.2) is 0 Å². The fourth-order valence-corrected chi connectivity index (χ4v) is 0.665. The number of nitrogens with one attached hydrogen (secondary N) is 1. The van der Waals surface area contributed by atoms with Crippen LogP contribution in [-0.4, -0.2) is 17.7 Å². The first-order chi connectivity index (χ1) is 4.72. The van der Waals surface area contributed by atoms with Crippen LogP contribution >= 0.6 is 0 Å². The van der Waals surface area contributed by atoms with Crippen molar-refractivity contribution in [2.75, 3.05) is 6.54 Å². The van der Waals surface area contributed by atoms with Crippen molar-refractivity contribution in [3.05, 3.63) is 0 Å². The molecule has 0 aromatic heterocycles. The fraction of sp³-hybridized carbons (Fsp3) is 0.833. The van der Waals surface area contributed by atoms with Crippen LogP contribution in [0.15, 0.2) is 0 Å². The van der Waals surface area contributed by atoms with Crippen molar-refractivity contribution in [3.8, 4) is 0 Å². The van der Waals surface area contributed by atoms with Crippen molar-refractivity contribution in [1.82, 2.24) is 5.48 Å². The molecule has 0 aromatic carbocycles. The van der Waals surface area contributed by atoms with E-state index in [1.165, 1.54) is 0 Å². The van der Waals surface area contributed by atoms with Crippen LogP contribution < -0.4 is 11.2 Å². The van der Waals surface area contributed by atoms with Gasteiger partial charge in [-0.25, -0.2) is 5.48 Å². The SMILES string of the molecule is CC(CCCN)C(=O)NO. The third kappa shape index (κ3) is 3.42. The highest BCUT2D eigenvalue weighted by Gasteiger charge is 2.09. The molecule has 0 rings (SSSR count). The van der Waals surface area contributed by atoms with E-state index in [1.54, 1.807) is 12.4 Å². The Hall–Kier alpha value is -0.610. The Morgan fingerprint density at radius 2 is 2.40 bits per heavy atom. The Balaban J connectivity index is 3.41. The zero-order valence-corrected chi connectivity index (χ0v) is 6.13. The lowest BCUT2D eigenvalue weighted by Gasteiger charge is -2.06. The van der Waals surface area contributed by atoms with Crippen LogP contribution in [0.1, 0.15) is 19.8 Å². The van der Waals surface area contributed by atoms with Crippen LogP contribution in [0.5, 0.6) is 0 Å². The third-order valence-electron chi connectivity index (χ3n) is 1.40. The summed E-state index contributed by atoms with van der Waals surface area (Å²) in [6, 6.07) is 0. The molecule has 4 nitrogen and oxygen atoms in total. The smallest absolute Gasteiger partial charge is 0.246 e. The standard InChI is InChI=1S/C6H14N2O2/c1-5(3-2-4-7)6(9)8-10/h5,10H,2-4,7H2,1H3,(H,8,9). The molecule has 4 heteroatoms. The normalized spacial score (nSPS) is 12.7. The van der Waals surface area contributed by atoms with E-state index in [1.807, 2.05) is 0 Å². The fourth-order valence-electron chi connectivity index (χ4n) is 0.665. The Morgan fingerprint density at radius 3 is 2.80 bits per heavy atom. The molecule has 10 heavy (non-hydrogen) atoms. The monoisotopic (exact) mass is 146 g/mol. The van der Waals surface area contributed by atoms with E-state index in [0.717, 1.165) is 12.8 Å². The second-order valence-corrected chi connectivity index (χ2v) is 2.31. The Morgan fingerprint density at radius 1 is 1.80 bits per heavy atom. The zero-order chi connectivity index (χ0) is 7.98.